The van der Waals surface area contributed by atoms with Crippen molar-refractivity contribution in [3.05, 3.63) is 75.5 Å². The molecule has 0 atom stereocenters. The Balaban J connectivity index is 1.38. The number of halogens is 1. The number of nitrogens with zero attached hydrogens (tertiary/aromatic N) is 4. The van der Waals surface area contributed by atoms with Crippen molar-refractivity contribution >= 4 is 27.5 Å². The Bertz CT molecular complexity index is 1070. The number of hydrogen-bond acceptors (Lipinski definition) is 4. The van der Waals surface area contributed by atoms with Crippen LogP contribution in [0.25, 0.3) is 0 Å². The number of anilines is 1. The summed E-state index contributed by atoms with van der Waals surface area (Å²) in [4.78, 5) is 17.2. The standard InChI is InChI=1S/C24H27BrN4O2/c1-17-23(25)18(2)29(26-17)16-19-8-10-20(11-9-19)24(30)28-14-12-27(13-15-28)21-6-4-5-7-22(21)31-3/h4-11H,12-16H2,1-3H3. The topological polar surface area (TPSA) is 50.6 Å². The molecule has 1 aliphatic rings. The second-order valence-corrected chi connectivity index (χ2v) is 8.58. The predicted molar refractivity (Wildman–Crippen MR) is 126 cm³/mol. The van der Waals surface area contributed by atoms with Crippen LogP contribution in [0.1, 0.15) is 27.3 Å². The molecule has 3 aromatic rings. The molecule has 0 saturated carbocycles. The number of hydrogen-bond donors (Lipinski definition) is 0. The van der Waals surface area contributed by atoms with Crippen LogP contribution in [0.5, 0.6) is 5.75 Å². The first-order valence-corrected chi connectivity index (χ1v) is 11.2. The predicted octanol–water partition coefficient (Wildman–Crippen LogP) is 4.28. The third-order valence-corrected chi connectivity index (χ3v) is 6.97. The fraction of sp³-hybridized carbons (Fsp3) is 0.333. The van der Waals surface area contributed by atoms with Gasteiger partial charge >= 0.3 is 0 Å². The number of carbonyl (C=O) groups excluding carboxylic acids is 1. The van der Waals surface area contributed by atoms with Gasteiger partial charge in [-0.05, 0) is 59.6 Å². The van der Waals surface area contributed by atoms with E-state index in [1.165, 1.54) is 0 Å². The van der Waals surface area contributed by atoms with Crippen LogP contribution in [0, 0.1) is 13.8 Å². The molecule has 0 spiro atoms. The van der Waals surface area contributed by atoms with E-state index in [-0.39, 0.29) is 5.91 Å². The zero-order valence-corrected chi connectivity index (χ0v) is 19.7. The molecular weight excluding hydrogens is 456 g/mol. The van der Waals surface area contributed by atoms with Gasteiger partial charge in [-0.15, -0.1) is 0 Å². The number of carbonyl (C=O) groups is 1. The minimum absolute atomic E-state index is 0.0834. The molecule has 1 aromatic heterocycles. The Labute approximate surface area is 191 Å². The van der Waals surface area contributed by atoms with Gasteiger partial charge in [0.1, 0.15) is 5.75 Å². The van der Waals surface area contributed by atoms with Gasteiger partial charge in [-0.1, -0.05) is 24.3 Å². The van der Waals surface area contributed by atoms with Gasteiger partial charge in [-0.2, -0.15) is 5.10 Å². The number of ether oxygens (including phenoxy) is 1. The molecule has 2 heterocycles. The van der Waals surface area contributed by atoms with Gasteiger partial charge in [0.05, 0.1) is 35.2 Å². The molecule has 0 N–H and O–H groups in total. The van der Waals surface area contributed by atoms with Crippen LogP contribution in [0.15, 0.2) is 53.0 Å². The molecule has 31 heavy (non-hydrogen) atoms. The molecule has 1 amide bonds. The van der Waals surface area contributed by atoms with Gasteiger partial charge in [0.25, 0.3) is 5.91 Å². The van der Waals surface area contributed by atoms with E-state index in [9.17, 15) is 4.79 Å². The van der Waals surface area contributed by atoms with E-state index in [2.05, 4.69) is 32.0 Å². The molecule has 0 unspecified atom stereocenters. The molecule has 2 aromatic carbocycles. The summed E-state index contributed by atoms with van der Waals surface area (Å²) in [6.45, 7) is 7.69. The van der Waals surface area contributed by atoms with Crippen molar-refractivity contribution < 1.29 is 9.53 Å². The van der Waals surface area contributed by atoms with Gasteiger partial charge in [0.15, 0.2) is 0 Å². The number of aromatic nitrogens is 2. The van der Waals surface area contributed by atoms with E-state index >= 15 is 0 Å². The van der Waals surface area contributed by atoms with Crippen LogP contribution in [-0.4, -0.2) is 53.9 Å². The van der Waals surface area contributed by atoms with Gasteiger partial charge in [-0.25, -0.2) is 0 Å². The lowest BCUT2D eigenvalue weighted by Gasteiger charge is -2.36. The summed E-state index contributed by atoms with van der Waals surface area (Å²) in [6, 6.07) is 15.9. The lowest BCUT2D eigenvalue weighted by Crippen LogP contribution is -2.48. The lowest BCUT2D eigenvalue weighted by atomic mass is 10.1. The monoisotopic (exact) mass is 482 g/mol. The van der Waals surface area contributed by atoms with Crippen molar-refractivity contribution in [2.75, 3.05) is 38.2 Å². The Hall–Kier alpha value is -2.80. The van der Waals surface area contributed by atoms with E-state index in [4.69, 9.17) is 4.74 Å². The Morgan fingerprint density at radius 3 is 2.32 bits per heavy atom. The second-order valence-electron chi connectivity index (χ2n) is 7.79. The van der Waals surface area contributed by atoms with E-state index in [0.29, 0.717) is 19.6 Å². The quantitative estimate of drug-likeness (QED) is 0.544. The summed E-state index contributed by atoms with van der Waals surface area (Å²) in [6.07, 6.45) is 0. The number of para-hydroxylation sites is 2. The fourth-order valence-corrected chi connectivity index (χ4v) is 4.26. The number of rotatable bonds is 5. The first kappa shape index (κ1) is 21.4. The smallest absolute Gasteiger partial charge is 0.253 e. The molecule has 7 heteroatoms. The van der Waals surface area contributed by atoms with E-state index < -0.39 is 0 Å². The maximum Gasteiger partial charge on any atom is 0.253 e. The SMILES string of the molecule is COc1ccccc1N1CCN(C(=O)c2ccc(Cn3nc(C)c(Br)c3C)cc2)CC1. The molecule has 0 radical (unpaired) electrons. The zero-order chi connectivity index (χ0) is 22.0. The number of amides is 1. The summed E-state index contributed by atoms with van der Waals surface area (Å²) < 4.78 is 8.51. The fourth-order valence-electron chi connectivity index (χ4n) is 3.98. The summed E-state index contributed by atoms with van der Waals surface area (Å²) in [5, 5.41) is 4.56. The van der Waals surface area contributed by atoms with Gasteiger partial charge in [-0.3, -0.25) is 9.48 Å². The van der Waals surface area contributed by atoms with Crippen LogP contribution in [0.3, 0.4) is 0 Å². The molecule has 4 rings (SSSR count). The Morgan fingerprint density at radius 1 is 1.03 bits per heavy atom. The third-order valence-electron chi connectivity index (χ3n) is 5.82. The van der Waals surface area contributed by atoms with Crippen LogP contribution >= 0.6 is 15.9 Å². The van der Waals surface area contributed by atoms with Crippen LogP contribution in [0.2, 0.25) is 0 Å². The average molecular weight is 483 g/mol. The Kier molecular flexibility index (Phi) is 6.32. The first-order valence-electron chi connectivity index (χ1n) is 10.4. The first-order chi connectivity index (χ1) is 15.0. The second kappa shape index (κ2) is 9.14. The minimum atomic E-state index is 0.0834. The van der Waals surface area contributed by atoms with Crippen molar-refractivity contribution in [2.24, 2.45) is 0 Å². The molecule has 1 aliphatic heterocycles. The van der Waals surface area contributed by atoms with Crippen LogP contribution < -0.4 is 9.64 Å². The molecule has 0 aliphatic carbocycles. The number of benzene rings is 2. The van der Waals surface area contributed by atoms with Gasteiger partial charge < -0.3 is 14.5 Å². The summed E-state index contributed by atoms with van der Waals surface area (Å²) >= 11 is 3.57. The molecule has 6 nitrogen and oxygen atoms in total. The Morgan fingerprint density at radius 2 is 1.71 bits per heavy atom. The van der Waals surface area contributed by atoms with Crippen molar-refractivity contribution in [3.8, 4) is 5.75 Å². The number of aryl methyl sites for hydroxylation is 1. The maximum absolute atomic E-state index is 13.0. The largest absolute Gasteiger partial charge is 0.495 e. The van der Waals surface area contributed by atoms with Crippen molar-refractivity contribution in [2.45, 2.75) is 20.4 Å². The summed E-state index contributed by atoms with van der Waals surface area (Å²) in [7, 11) is 1.69. The highest BCUT2D eigenvalue weighted by molar-refractivity contribution is 9.10. The summed E-state index contributed by atoms with van der Waals surface area (Å²) in [5.41, 5.74) is 5.01. The maximum atomic E-state index is 13.0. The van der Waals surface area contributed by atoms with Crippen LogP contribution in [0.4, 0.5) is 5.69 Å². The van der Waals surface area contributed by atoms with Gasteiger partial charge in [0.2, 0.25) is 0 Å². The van der Waals surface area contributed by atoms with E-state index in [0.717, 1.165) is 51.5 Å². The van der Waals surface area contributed by atoms with Gasteiger partial charge in [0, 0.05) is 31.7 Å². The molecule has 1 saturated heterocycles. The third kappa shape index (κ3) is 4.46. The summed E-state index contributed by atoms with van der Waals surface area (Å²) in [5.74, 6) is 0.951. The van der Waals surface area contributed by atoms with Crippen molar-refractivity contribution in [3.63, 3.8) is 0 Å². The van der Waals surface area contributed by atoms with E-state index in [1.807, 2.05) is 65.9 Å². The normalized spacial score (nSPS) is 14.1. The van der Waals surface area contributed by atoms with E-state index in [1.54, 1.807) is 7.11 Å². The minimum Gasteiger partial charge on any atom is -0.495 e. The van der Waals surface area contributed by atoms with Crippen molar-refractivity contribution in [1.29, 1.82) is 0 Å². The van der Waals surface area contributed by atoms with Crippen molar-refractivity contribution in [1.82, 2.24) is 14.7 Å². The average Bonchev–Trinajstić information content (AvgIpc) is 3.05. The van der Waals surface area contributed by atoms with Crippen LogP contribution in [-0.2, 0) is 6.54 Å². The highest BCUT2D eigenvalue weighted by Gasteiger charge is 2.23. The molecule has 0 bridgehead atoms. The molecule has 162 valence electrons. The molecular formula is C24H27BrN4O2. The zero-order valence-electron chi connectivity index (χ0n) is 18.1. The highest BCUT2D eigenvalue weighted by Crippen LogP contribution is 2.28. The molecule has 1 fully saturated rings. The lowest BCUT2D eigenvalue weighted by molar-refractivity contribution is 0.0746. The highest BCUT2D eigenvalue weighted by atomic mass is 79.9. The number of piperazine rings is 1. The number of methoxy groups -OCH3 is 1.